The Morgan fingerprint density at radius 1 is 1.36 bits per heavy atom. The molecular weight excluding hydrogens is 326 g/mol. The monoisotopic (exact) mass is 351 g/mol. The number of nitrogens with two attached hydrogens (primary N) is 1. The molecule has 1 saturated heterocycles. The number of nitrogens with one attached hydrogen (secondary N) is 1. The van der Waals surface area contributed by atoms with E-state index in [2.05, 4.69) is 5.32 Å². The number of hydrogen-bond donors (Lipinski definition) is 3. The zero-order chi connectivity index (χ0) is 18.4. The summed E-state index contributed by atoms with van der Waals surface area (Å²) in [5, 5.41) is 13.0. The van der Waals surface area contributed by atoms with Crippen molar-refractivity contribution in [1.82, 2.24) is 10.2 Å². The fourth-order valence-corrected chi connectivity index (χ4v) is 3.01. The first-order chi connectivity index (χ1) is 12.0. The molecule has 1 aliphatic heterocycles. The maximum absolute atomic E-state index is 12.3. The average Bonchev–Trinajstić information content (AvgIpc) is 3.14. The first-order valence-corrected chi connectivity index (χ1v) is 8.18. The molecule has 4 N–H and O–H groups in total. The normalized spacial score (nSPS) is 17.9. The highest BCUT2D eigenvalue weighted by atomic mass is 16.5. The number of likely N-dealkylation sites (tertiary alicyclic amines) is 1. The van der Waals surface area contributed by atoms with E-state index in [9.17, 15) is 14.7 Å². The van der Waals surface area contributed by atoms with Gasteiger partial charge in [-0.3, -0.25) is 9.59 Å². The van der Waals surface area contributed by atoms with Crippen LogP contribution >= 0.6 is 0 Å². The van der Waals surface area contributed by atoms with Crippen molar-refractivity contribution in [3.63, 3.8) is 0 Å². The zero-order valence-corrected chi connectivity index (χ0v) is 14.5. The highest BCUT2D eigenvalue weighted by molar-refractivity contribution is 5.84. The highest BCUT2D eigenvalue weighted by Gasteiger charge is 2.36. The molecule has 2 atom stereocenters. The van der Waals surface area contributed by atoms with Crippen molar-refractivity contribution >= 4 is 11.8 Å². The largest absolute Gasteiger partial charge is 0.493 e. The average molecular weight is 351 g/mol. The molecule has 1 heterocycles. The summed E-state index contributed by atoms with van der Waals surface area (Å²) < 4.78 is 10.4. The number of benzene rings is 1. The second-order valence-electron chi connectivity index (χ2n) is 5.85. The van der Waals surface area contributed by atoms with Crippen molar-refractivity contribution in [3.05, 3.63) is 23.8 Å². The van der Waals surface area contributed by atoms with Crippen LogP contribution in [0.1, 0.15) is 18.4 Å². The van der Waals surface area contributed by atoms with E-state index in [0.29, 0.717) is 24.5 Å². The molecule has 0 aromatic heterocycles. The summed E-state index contributed by atoms with van der Waals surface area (Å²) in [6.45, 7) is 0.616. The molecule has 0 radical (unpaired) electrons. The minimum Gasteiger partial charge on any atom is -0.493 e. The van der Waals surface area contributed by atoms with Crippen LogP contribution in [0, 0.1) is 0 Å². The predicted molar refractivity (Wildman–Crippen MR) is 91.2 cm³/mol. The molecule has 0 spiro atoms. The highest BCUT2D eigenvalue weighted by Crippen LogP contribution is 2.27. The van der Waals surface area contributed by atoms with Crippen molar-refractivity contribution in [1.29, 1.82) is 0 Å². The Bertz CT molecular complexity index is 622. The number of hydrogen-bond acceptors (Lipinski definition) is 6. The van der Waals surface area contributed by atoms with Crippen molar-refractivity contribution in [2.45, 2.75) is 31.5 Å². The predicted octanol–water partition coefficient (Wildman–Crippen LogP) is -0.369. The third-order valence-corrected chi connectivity index (χ3v) is 4.34. The number of amides is 2. The molecule has 2 amide bonds. The lowest BCUT2D eigenvalue weighted by molar-refractivity contribution is -0.138. The Labute approximate surface area is 146 Å². The number of carbonyl (C=O) groups excluding carboxylic acids is 2. The summed E-state index contributed by atoms with van der Waals surface area (Å²) in [5.41, 5.74) is 6.19. The molecule has 2 unspecified atom stereocenters. The quantitative estimate of drug-likeness (QED) is 0.618. The third-order valence-electron chi connectivity index (χ3n) is 4.34. The molecule has 1 fully saturated rings. The minimum atomic E-state index is -1.28. The van der Waals surface area contributed by atoms with Crippen molar-refractivity contribution in [2.75, 3.05) is 27.3 Å². The van der Waals surface area contributed by atoms with Crippen molar-refractivity contribution < 1.29 is 24.2 Å². The van der Waals surface area contributed by atoms with Gasteiger partial charge in [0.1, 0.15) is 0 Å². The van der Waals surface area contributed by atoms with Gasteiger partial charge in [0, 0.05) is 13.1 Å². The topological polar surface area (TPSA) is 114 Å². The van der Waals surface area contributed by atoms with E-state index in [1.807, 2.05) is 0 Å². The van der Waals surface area contributed by atoms with Crippen LogP contribution in [-0.2, 0) is 16.1 Å². The van der Waals surface area contributed by atoms with Gasteiger partial charge in [0.15, 0.2) is 17.6 Å². The van der Waals surface area contributed by atoms with Gasteiger partial charge in [0.2, 0.25) is 5.91 Å². The lowest BCUT2D eigenvalue weighted by Crippen LogP contribution is -2.50. The van der Waals surface area contributed by atoms with Gasteiger partial charge in [-0.25, -0.2) is 0 Å². The summed E-state index contributed by atoms with van der Waals surface area (Å²) in [6.07, 6.45) is 0.0470. The van der Waals surface area contributed by atoms with Crippen LogP contribution in [0.3, 0.4) is 0 Å². The number of ether oxygens (including phenoxy) is 2. The van der Waals surface area contributed by atoms with Gasteiger partial charge < -0.3 is 30.5 Å². The number of carbonyl (C=O) groups is 2. The Morgan fingerprint density at radius 3 is 2.72 bits per heavy atom. The van der Waals surface area contributed by atoms with E-state index in [1.54, 1.807) is 25.3 Å². The van der Waals surface area contributed by atoms with Gasteiger partial charge >= 0.3 is 0 Å². The fraction of sp³-hybridized carbons (Fsp3) is 0.529. The first kappa shape index (κ1) is 19.0. The molecular formula is C17H25N3O5. The summed E-state index contributed by atoms with van der Waals surface area (Å²) in [7, 11) is 3.08. The fourth-order valence-electron chi connectivity index (χ4n) is 3.01. The standard InChI is InChI=1S/C17H25N3O5/c1-24-13-6-5-11(8-14(13)25-2)10-19-17(23)16(22)12-4-3-7-20(12)15(21)9-18/h5-6,8,12,16,22H,3-4,7,9-10,18H2,1-2H3,(H,19,23). The van der Waals surface area contributed by atoms with Gasteiger partial charge in [0.25, 0.3) is 5.91 Å². The van der Waals surface area contributed by atoms with E-state index < -0.39 is 18.1 Å². The van der Waals surface area contributed by atoms with Crippen LogP contribution in [0.15, 0.2) is 18.2 Å². The molecule has 0 bridgehead atoms. The number of aliphatic hydroxyl groups excluding tert-OH is 1. The Hall–Kier alpha value is -2.32. The molecule has 2 rings (SSSR count). The van der Waals surface area contributed by atoms with Crippen molar-refractivity contribution in [3.8, 4) is 11.5 Å². The van der Waals surface area contributed by atoms with E-state index in [-0.39, 0.29) is 19.0 Å². The van der Waals surface area contributed by atoms with Crippen molar-refractivity contribution in [2.24, 2.45) is 5.73 Å². The van der Waals surface area contributed by atoms with E-state index >= 15 is 0 Å². The molecule has 138 valence electrons. The molecule has 0 saturated carbocycles. The Morgan fingerprint density at radius 2 is 2.08 bits per heavy atom. The van der Waals surface area contributed by atoms with Gasteiger partial charge in [-0.05, 0) is 30.5 Å². The Kier molecular flexibility index (Phi) is 6.60. The van der Waals surface area contributed by atoms with E-state index in [1.165, 1.54) is 12.0 Å². The SMILES string of the molecule is COc1ccc(CNC(=O)C(O)C2CCCN2C(=O)CN)cc1OC. The number of nitrogens with zero attached hydrogens (tertiary/aromatic N) is 1. The molecule has 1 aliphatic rings. The van der Waals surface area contributed by atoms with Gasteiger partial charge in [-0.1, -0.05) is 6.07 Å². The number of aliphatic hydroxyl groups is 1. The summed E-state index contributed by atoms with van der Waals surface area (Å²) in [4.78, 5) is 25.5. The van der Waals surface area contributed by atoms with Crippen LogP contribution in [0.2, 0.25) is 0 Å². The van der Waals surface area contributed by atoms with Gasteiger partial charge in [0.05, 0.1) is 26.8 Å². The maximum Gasteiger partial charge on any atom is 0.251 e. The lowest BCUT2D eigenvalue weighted by Gasteiger charge is -2.27. The first-order valence-electron chi connectivity index (χ1n) is 8.18. The number of methoxy groups -OCH3 is 2. The Balaban J connectivity index is 1.96. The van der Waals surface area contributed by atoms with Crippen LogP contribution in [-0.4, -0.2) is 61.3 Å². The smallest absolute Gasteiger partial charge is 0.251 e. The molecule has 8 heteroatoms. The van der Waals surface area contributed by atoms with E-state index in [0.717, 1.165) is 12.0 Å². The van der Waals surface area contributed by atoms with Gasteiger partial charge in [-0.15, -0.1) is 0 Å². The second kappa shape index (κ2) is 8.68. The molecule has 0 aliphatic carbocycles. The molecule has 25 heavy (non-hydrogen) atoms. The van der Waals surface area contributed by atoms with Crippen LogP contribution in [0.4, 0.5) is 0 Å². The zero-order valence-electron chi connectivity index (χ0n) is 14.5. The minimum absolute atomic E-state index is 0.128. The molecule has 1 aromatic carbocycles. The third kappa shape index (κ3) is 4.40. The molecule has 1 aromatic rings. The summed E-state index contributed by atoms with van der Waals surface area (Å²) in [6, 6.07) is 4.77. The molecule has 8 nitrogen and oxygen atoms in total. The summed E-state index contributed by atoms with van der Waals surface area (Å²) >= 11 is 0. The van der Waals surface area contributed by atoms with Crippen LogP contribution in [0.5, 0.6) is 11.5 Å². The second-order valence-corrected chi connectivity index (χ2v) is 5.85. The number of rotatable bonds is 7. The summed E-state index contributed by atoms with van der Waals surface area (Å²) in [5.74, 6) is 0.385. The van der Waals surface area contributed by atoms with E-state index in [4.69, 9.17) is 15.2 Å². The van der Waals surface area contributed by atoms with Crippen LogP contribution in [0.25, 0.3) is 0 Å². The van der Waals surface area contributed by atoms with Crippen LogP contribution < -0.4 is 20.5 Å². The maximum atomic E-state index is 12.3. The van der Waals surface area contributed by atoms with Gasteiger partial charge in [-0.2, -0.15) is 0 Å². The lowest BCUT2D eigenvalue weighted by atomic mass is 10.1.